The maximum atomic E-state index is 13.4. The number of likely N-dealkylation sites (tertiary alicyclic amines) is 1. The molecular weight excluding hydrogens is 364 g/mol. The molecule has 0 bridgehead atoms. The predicted molar refractivity (Wildman–Crippen MR) is 112 cm³/mol. The third-order valence-electron chi connectivity index (χ3n) is 6.26. The van der Waals surface area contributed by atoms with E-state index in [9.17, 15) is 9.59 Å². The molecule has 2 atom stereocenters. The van der Waals surface area contributed by atoms with Crippen LogP contribution in [0.25, 0.3) is 0 Å². The fourth-order valence-electron chi connectivity index (χ4n) is 4.77. The highest BCUT2D eigenvalue weighted by Gasteiger charge is 2.35. The molecule has 2 aromatic rings. The smallest absolute Gasteiger partial charge is 0.225 e. The molecule has 0 radical (unpaired) electrons. The lowest BCUT2D eigenvalue weighted by Gasteiger charge is -2.38. The van der Waals surface area contributed by atoms with Crippen molar-refractivity contribution in [2.24, 2.45) is 0 Å². The maximum Gasteiger partial charge on any atom is 0.225 e. The first-order chi connectivity index (χ1) is 14.1. The first kappa shape index (κ1) is 19.5. The van der Waals surface area contributed by atoms with Crippen LogP contribution >= 0.6 is 0 Å². The van der Waals surface area contributed by atoms with Crippen LogP contribution in [0.5, 0.6) is 5.75 Å². The van der Waals surface area contributed by atoms with E-state index in [1.54, 1.807) is 14.0 Å². The Hall–Kier alpha value is -2.82. The lowest BCUT2D eigenvalue weighted by atomic mass is 9.90. The van der Waals surface area contributed by atoms with E-state index in [-0.39, 0.29) is 23.9 Å². The predicted octanol–water partition coefficient (Wildman–Crippen LogP) is 3.89. The summed E-state index contributed by atoms with van der Waals surface area (Å²) >= 11 is 0. The van der Waals surface area contributed by atoms with Gasteiger partial charge in [0, 0.05) is 20.0 Å². The average Bonchev–Trinajstić information content (AvgIpc) is 3.24. The van der Waals surface area contributed by atoms with Gasteiger partial charge in [0.25, 0.3) is 0 Å². The zero-order valence-corrected chi connectivity index (χ0v) is 17.1. The zero-order chi connectivity index (χ0) is 20.4. The van der Waals surface area contributed by atoms with Gasteiger partial charge in [0.15, 0.2) is 0 Å². The standard InChI is InChI=1S/C24H28N2O3/c1-17(27)25-15-13-18-6-3-4-7-21(18)23(25)16-24(28)26-14-5-8-22(26)19-9-11-20(29-2)12-10-19/h3-4,6-7,9-12,22-23H,5,8,13-16H2,1-2H3. The minimum atomic E-state index is -0.179. The minimum absolute atomic E-state index is 0.0328. The molecule has 1 saturated heterocycles. The molecule has 2 aromatic carbocycles. The van der Waals surface area contributed by atoms with Crippen molar-refractivity contribution in [1.82, 2.24) is 9.80 Å². The number of benzene rings is 2. The Kier molecular flexibility index (Phi) is 5.56. The van der Waals surface area contributed by atoms with E-state index < -0.39 is 0 Å². The largest absolute Gasteiger partial charge is 0.497 e. The van der Waals surface area contributed by atoms with Gasteiger partial charge in [0.2, 0.25) is 11.8 Å². The Balaban J connectivity index is 1.56. The van der Waals surface area contributed by atoms with Gasteiger partial charge in [-0.05, 0) is 48.1 Å². The Labute approximate surface area is 172 Å². The van der Waals surface area contributed by atoms with Gasteiger partial charge in [0.05, 0.1) is 25.6 Å². The molecular formula is C24H28N2O3. The normalized spacial score (nSPS) is 21.0. The summed E-state index contributed by atoms with van der Waals surface area (Å²) in [4.78, 5) is 29.5. The molecule has 5 heteroatoms. The summed E-state index contributed by atoms with van der Waals surface area (Å²) in [7, 11) is 1.66. The fraction of sp³-hybridized carbons (Fsp3) is 0.417. The van der Waals surface area contributed by atoms with Crippen LogP contribution in [0.3, 0.4) is 0 Å². The number of methoxy groups -OCH3 is 1. The topological polar surface area (TPSA) is 49.9 Å². The Bertz CT molecular complexity index is 893. The van der Waals surface area contributed by atoms with Crippen molar-refractivity contribution in [2.45, 2.75) is 44.7 Å². The van der Waals surface area contributed by atoms with Crippen molar-refractivity contribution in [3.05, 3.63) is 65.2 Å². The number of hydrogen-bond donors (Lipinski definition) is 0. The molecule has 0 aromatic heterocycles. The molecule has 2 aliphatic heterocycles. The molecule has 152 valence electrons. The van der Waals surface area contributed by atoms with Gasteiger partial charge >= 0.3 is 0 Å². The number of nitrogens with zero attached hydrogens (tertiary/aromatic N) is 2. The molecule has 2 amide bonds. The molecule has 0 aliphatic carbocycles. The number of ether oxygens (including phenoxy) is 1. The lowest BCUT2D eigenvalue weighted by molar-refractivity contribution is -0.137. The highest BCUT2D eigenvalue weighted by molar-refractivity contribution is 5.80. The molecule has 29 heavy (non-hydrogen) atoms. The van der Waals surface area contributed by atoms with Gasteiger partial charge in [-0.1, -0.05) is 36.4 Å². The molecule has 2 aliphatic rings. The average molecular weight is 392 g/mol. The van der Waals surface area contributed by atoms with Crippen LogP contribution in [0, 0.1) is 0 Å². The monoisotopic (exact) mass is 392 g/mol. The van der Waals surface area contributed by atoms with Crippen LogP contribution in [0.2, 0.25) is 0 Å². The summed E-state index contributed by atoms with van der Waals surface area (Å²) < 4.78 is 5.26. The van der Waals surface area contributed by atoms with Crippen molar-refractivity contribution >= 4 is 11.8 Å². The quantitative estimate of drug-likeness (QED) is 0.793. The summed E-state index contributed by atoms with van der Waals surface area (Å²) in [5, 5.41) is 0. The van der Waals surface area contributed by atoms with Gasteiger partial charge in [-0.3, -0.25) is 9.59 Å². The SMILES string of the molecule is COc1ccc(C2CCCN2C(=O)CC2c3ccccc3CCN2C(C)=O)cc1. The van der Waals surface area contributed by atoms with Crippen LogP contribution in [0.4, 0.5) is 0 Å². The van der Waals surface area contributed by atoms with Crippen LogP contribution in [-0.4, -0.2) is 41.8 Å². The number of fused-ring (bicyclic) bond motifs is 1. The van der Waals surface area contributed by atoms with Gasteiger partial charge in [0.1, 0.15) is 5.75 Å². The third-order valence-corrected chi connectivity index (χ3v) is 6.26. The third kappa shape index (κ3) is 3.86. The minimum Gasteiger partial charge on any atom is -0.497 e. The highest BCUT2D eigenvalue weighted by atomic mass is 16.5. The number of hydrogen-bond acceptors (Lipinski definition) is 3. The summed E-state index contributed by atoms with van der Waals surface area (Å²) in [5.74, 6) is 0.974. The first-order valence-electron chi connectivity index (χ1n) is 10.4. The number of rotatable bonds is 4. The summed E-state index contributed by atoms with van der Waals surface area (Å²) in [6.45, 7) is 3.04. The van der Waals surface area contributed by atoms with Gasteiger partial charge in [-0.15, -0.1) is 0 Å². The molecule has 4 rings (SSSR count). The lowest BCUT2D eigenvalue weighted by Crippen LogP contribution is -2.42. The molecule has 2 unspecified atom stereocenters. The van der Waals surface area contributed by atoms with Crippen LogP contribution < -0.4 is 4.74 Å². The number of amides is 2. The maximum absolute atomic E-state index is 13.4. The van der Waals surface area contributed by atoms with E-state index in [0.717, 1.165) is 42.7 Å². The van der Waals surface area contributed by atoms with Crippen LogP contribution in [-0.2, 0) is 16.0 Å². The van der Waals surface area contributed by atoms with Crippen molar-refractivity contribution < 1.29 is 14.3 Å². The molecule has 0 saturated carbocycles. The molecule has 5 nitrogen and oxygen atoms in total. The Morgan fingerprint density at radius 1 is 1.03 bits per heavy atom. The van der Waals surface area contributed by atoms with E-state index in [1.165, 1.54) is 5.56 Å². The summed E-state index contributed by atoms with van der Waals surface area (Å²) in [6.07, 6.45) is 3.15. The second kappa shape index (κ2) is 8.27. The van der Waals surface area contributed by atoms with Crippen LogP contribution in [0.15, 0.2) is 48.5 Å². The van der Waals surface area contributed by atoms with Crippen LogP contribution in [0.1, 0.15) is 55.0 Å². The van der Waals surface area contributed by atoms with E-state index in [4.69, 9.17) is 4.74 Å². The fourth-order valence-corrected chi connectivity index (χ4v) is 4.77. The summed E-state index contributed by atoms with van der Waals surface area (Å²) in [6, 6.07) is 16.1. The summed E-state index contributed by atoms with van der Waals surface area (Å²) in [5.41, 5.74) is 3.50. The van der Waals surface area contributed by atoms with E-state index in [1.807, 2.05) is 46.2 Å². The molecule has 0 N–H and O–H groups in total. The second-order valence-corrected chi connectivity index (χ2v) is 7.90. The van der Waals surface area contributed by atoms with Gasteiger partial charge in [-0.2, -0.15) is 0 Å². The highest BCUT2D eigenvalue weighted by Crippen LogP contribution is 2.37. The Morgan fingerprint density at radius 3 is 2.52 bits per heavy atom. The van der Waals surface area contributed by atoms with E-state index in [0.29, 0.717) is 13.0 Å². The molecule has 2 heterocycles. The van der Waals surface area contributed by atoms with Crippen molar-refractivity contribution in [1.29, 1.82) is 0 Å². The zero-order valence-electron chi connectivity index (χ0n) is 17.1. The van der Waals surface area contributed by atoms with E-state index in [2.05, 4.69) is 12.1 Å². The second-order valence-electron chi connectivity index (χ2n) is 7.90. The van der Waals surface area contributed by atoms with Crippen molar-refractivity contribution in [3.63, 3.8) is 0 Å². The van der Waals surface area contributed by atoms with Crippen molar-refractivity contribution in [2.75, 3.05) is 20.2 Å². The van der Waals surface area contributed by atoms with Gasteiger partial charge in [-0.25, -0.2) is 0 Å². The van der Waals surface area contributed by atoms with Gasteiger partial charge < -0.3 is 14.5 Å². The Morgan fingerprint density at radius 2 is 1.79 bits per heavy atom. The molecule has 1 fully saturated rings. The van der Waals surface area contributed by atoms with Crippen molar-refractivity contribution in [3.8, 4) is 5.75 Å². The number of carbonyl (C=O) groups is 2. The van der Waals surface area contributed by atoms with E-state index >= 15 is 0 Å². The first-order valence-corrected chi connectivity index (χ1v) is 10.4. The number of carbonyl (C=O) groups excluding carboxylic acids is 2. The molecule has 0 spiro atoms.